The van der Waals surface area contributed by atoms with E-state index in [1.165, 1.54) is 11.4 Å². The Morgan fingerprint density at radius 2 is 2.00 bits per heavy atom. The summed E-state index contributed by atoms with van der Waals surface area (Å²) in [5, 5.41) is 2.82. The summed E-state index contributed by atoms with van der Waals surface area (Å²) in [7, 11) is -2.00. The lowest BCUT2D eigenvalue weighted by Gasteiger charge is -2.25. The molecule has 0 aliphatic carbocycles. The summed E-state index contributed by atoms with van der Waals surface area (Å²) in [4.78, 5) is 12.1. The molecule has 1 aromatic carbocycles. The molecule has 0 saturated carbocycles. The summed E-state index contributed by atoms with van der Waals surface area (Å²) in [5.41, 5.74) is 0.461. The van der Waals surface area contributed by atoms with Crippen LogP contribution in [0.15, 0.2) is 24.3 Å². The van der Waals surface area contributed by atoms with Gasteiger partial charge in [-0.2, -0.15) is 0 Å². The molecule has 0 aromatic heterocycles. The molecule has 1 fully saturated rings. The van der Waals surface area contributed by atoms with Crippen LogP contribution in [0.25, 0.3) is 0 Å². The molecule has 0 spiro atoms. The fourth-order valence-electron chi connectivity index (χ4n) is 2.69. The second-order valence-corrected chi connectivity index (χ2v) is 7.59. The van der Waals surface area contributed by atoms with Crippen molar-refractivity contribution in [3.8, 4) is 5.75 Å². The molecule has 24 heavy (non-hydrogen) atoms. The van der Waals surface area contributed by atoms with E-state index in [1.807, 2.05) is 0 Å². The number of rotatable bonds is 7. The molecule has 1 N–H and O–H groups in total. The summed E-state index contributed by atoms with van der Waals surface area (Å²) in [6, 6.07) is 6.90. The third kappa shape index (κ3) is 4.85. The number of para-hydroxylation sites is 2. The van der Waals surface area contributed by atoms with Crippen molar-refractivity contribution in [2.75, 3.05) is 44.0 Å². The number of nitrogens with zero attached hydrogens (tertiary/aromatic N) is 1. The highest BCUT2D eigenvalue weighted by Gasteiger charge is 2.23. The van der Waals surface area contributed by atoms with Gasteiger partial charge in [-0.3, -0.25) is 9.10 Å². The number of sulfonamides is 1. The van der Waals surface area contributed by atoms with Gasteiger partial charge in [0.2, 0.25) is 15.9 Å². The maximum Gasteiger partial charge on any atom is 0.232 e. The highest BCUT2D eigenvalue weighted by molar-refractivity contribution is 7.92. The van der Waals surface area contributed by atoms with Crippen LogP contribution in [-0.2, 0) is 19.6 Å². The molecule has 0 radical (unpaired) electrons. The molecular weight excluding hydrogens is 332 g/mol. The van der Waals surface area contributed by atoms with Gasteiger partial charge in [-0.15, -0.1) is 0 Å². The first kappa shape index (κ1) is 18.5. The van der Waals surface area contributed by atoms with Gasteiger partial charge in [0, 0.05) is 25.7 Å². The van der Waals surface area contributed by atoms with Gasteiger partial charge in [-0.1, -0.05) is 12.1 Å². The maximum absolute atomic E-state index is 12.1. The molecule has 1 saturated heterocycles. The van der Waals surface area contributed by atoms with E-state index in [-0.39, 0.29) is 24.9 Å². The van der Waals surface area contributed by atoms with E-state index in [4.69, 9.17) is 9.47 Å². The van der Waals surface area contributed by atoms with Crippen LogP contribution in [0.2, 0.25) is 0 Å². The van der Waals surface area contributed by atoms with Crippen LogP contribution in [0, 0.1) is 5.92 Å². The van der Waals surface area contributed by atoms with Gasteiger partial charge in [-0.25, -0.2) is 8.42 Å². The Labute approximate surface area is 143 Å². The molecule has 0 atom stereocenters. The van der Waals surface area contributed by atoms with Crippen molar-refractivity contribution in [3.63, 3.8) is 0 Å². The molecule has 1 heterocycles. The Bertz CT molecular complexity index is 656. The molecule has 1 aromatic rings. The summed E-state index contributed by atoms with van der Waals surface area (Å²) < 4.78 is 36.0. The number of carbonyl (C=O) groups is 1. The van der Waals surface area contributed by atoms with E-state index in [0.717, 1.165) is 6.26 Å². The third-order valence-corrected chi connectivity index (χ3v) is 5.14. The molecule has 1 aliphatic heterocycles. The van der Waals surface area contributed by atoms with Crippen LogP contribution in [-0.4, -0.2) is 54.0 Å². The van der Waals surface area contributed by atoms with Crippen LogP contribution in [0.1, 0.15) is 12.8 Å². The molecule has 0 bridgehead atoms. The standard InChI is InChI=1S/C16H24N2O5S/c1-22-15-6-4-3-5-14(15)18(24(2,20)21)10-9-17-16(19)13-7-11-23-12-8-13/h3-6,13H,7-12H2,1-2H3,(H,17,19). The van der Waals surface area contributed by atoms with Gasteiger partial charge in [-0.05, 0) is 25.0 Å². The van der Waals surface area contributed by atoms with E-state index in [2.05, 4.69) is 5.32 Å². The molecular formula is C16H24N2O5S. The van der Waals surface area contributed by atoms with E-state index >= 15 is 0 Å². The van der Waals surface area contributed by atoms with Gasteiger partial charge in [0.05, 0.1) is 25.6 Å². The zero-order valence-corrected chi connectivity index (χ0v) is 14.8. The predicted octanol–water partition coefficient (Wildman–Crippen LogP) is 1.00. The average Bonchev–Trinajstić information content (AvgIpc) is 2.58. The highest BCUT2D eigenvalue weighted by Crippen LogP contribution is 2.29. The van der Waals surface area contributed by atoms with Crippen molar-refractivity contribution in [2.45, 2.75) is 12.8 Å². The number of hydrogen-bond donors (Lipinski definition) is 1. The molecule has 7 nitrogen and oxygen atoms in total. The number of methoxy groups -OCH3 is 1. The Kier molecular flexibility index (Phi) is 6.44. The second kappa shape index (κ2) is 8.34. The lowest BCUT2D eigenvalue weighted by molar-refractivity contribution is -0.127. The monoisotopic (exact) mass is 356 g/mol. The summed E-state index contributed by atoms with van der Waals surface area (Å²) >= 11 is 0. The van der Waals surface area contributed by atoms with Gasteiger partial charge in [0.25, 0.3) is 0 Å². The van der Waals surface area contributed by atoms with Crippen molar-refractivity contribution in [3.05, 3.63) is 24.3 Å². The topological polar surface area (TPSA) is 84.9 Å². The quantitative estimate of drug-likeness (QED) is 0.788. The minimum absolute atomic E-state index is 0.0493. The Balaban J connectivity index is 2.01. The van der Waals surface area contributed by atoms with E-state index < -0.39 is 10.0 Å². The first-order valence-corrected chi connectivity index (χ1v) is 9.74. The van der Waals surface area contributed by atoms with Crippen LogP contribution in [0.4, 0.5) is 5.69 Å². The Hall–Kier alpha value is -1.80. The fraction of sp³-hybridized carbons (Fsp3) is 0.562. The minimum Gasteiger partial charge on any atom is -0.495 e. The number of amides is 1. The highest BCUT2D eigenvalue weighted by atomic mass is 32.2. The predicted molar refractivity (Wildman–Crippen MR) is 91.7 cm³/mol. The van der Waals surface area contributed by atoms with Crippen molar-refractivity contribution < 1.29 is 22.7 Å². The van der Waals surface area contributed by atoms with Crippen molar-refractivity contribution in [1.29, 1.82) is 0 Å². The molecule has 134 valence electrons. The molecule has 1 aliphatic rings. The normalized spacial score (nSPS) is 15.8. The molecule has 8 heteroatoms. The summed E-state index contributed by atoms with van der Waals surface area (Å²) in [5.74, 6) is 0.363. The Morgan fingerprint density at radius 3 is 2.62 bits per heavy atom. The van der Waals surface area contributed by atoms with E-state index in [0.29, 0.717) is 37.5 Å². The third-order valence-electron chi connectivity index (χ3n) is 3.96. The second-order valence-electron chi connectivity index (χ2n) is 5.68. The van der Waals surface area contributed by atoms with Crippen molar-refractivity contribution in [2.24, 2.45) is 5.92 Å². The number of nitrogens with one attached hydrogen (secondary N) is 1. The van der Waals surface area contributed by atoms with Crippen molar-refractivity contribution >= 4 is 21.6 Å². The van der Waals surface area contributed by atoms with Crippen LogP contribution >= 0.6 is 0 Å². The van der Waals surface area contributed by atoms with Gasteiger partial charge in [0.1, 0.15) is 5.75 Å². The minimum atomic E-state index is -3.49. The largest absolute Gasteiger partial charge is 0.495 e. The molecule has 2 rings (SSSR count). The summed E-state index contributed by atoms with van der Waals surface area (Å²) in [6.07, 6.45) is 2.54. The molecule has 0 unspecified atom stereocenters. The van der Waals surface area contributed by atoms with Crippen molar-refractivity contribution in [1.82, 2.24) is 5.32 Å². The fourth-order valence-corrected chi connectivity index (χ4v) is 3.62. The van der Waals surface area contributed by atoms with Gasteiger partial charge >= 0.3 is 0 Å². The zero-order chi connectivity index (χ0) is 17.6. The number of anilines is 1. The number of benzene rings is 1. The van der Waals surface area contributed by atoms with Crippen LogP contribution < -0.4 is 14.4 Å². The lowest BCUT2D eigenvalue weighted by atomic mass is 9.99. The van der Waals surface area contributed by atoms with E-state index in [9.17, 15) is 13.2 Å². The molecule has 1 amide bonds. The van der Waals surface area contributed by atoms with Gasteiger partial charge < -0.3 is 14.8 Å². The van der Waals surface area contributed by atoms with Gasteiger partial charge in [0.15, 0.2) is 0 Å². The lowest BCUT2D eigenvalue weighted by Crippen LogP contribution is -2.41. The van der Waals surface area contributed by atoms with Crippen LogP contribution in [0.3, 0.4) is 0 Å². The smallest absolute Gasteiger partial charge is 0.232 e. The number of hydrogen-bond acceptors (Lipinski definition) is 5. The SMILES string of the molecule is COc1ccccc1N(CCNC(=O)C1CCOCC1)S(C)(=O)=O. The van der Waals surface area contributed by atoms with E-state index in [1.54, 1.807) is 24.3 Å². The first-order valence-electron chi connectivity index (χ1n) is 7.89. The average molecular weight is 356 g/mol. The number of carbonyl (C=O) groups excluding carboxylic acids is 1. The first-order chi connectivity index (χ1) is 11.4. The maximum atomic E-state index is 12.1. The Morgan fingerprint density at radius 1 is 1.33 bits per heavy atom. The number of ether oxygens (including phenoxy) is 2. The zero-order valence-electron chi connectivity index (χ0n) is 14.0. The van der Waals surface area contributed by atoms with Crippen LogP contribution in [0.5, 0.6) is 5.75 Å². The summed E-state index contributed by atoms with van der Waals surface area (Å²) in [6.45, 7) is 1.57.